The summed E-state index contributed by atoms with van der Waals surface area (Å²) in [5, 5.41) is 10.8. The summed E-state index contributed by atoms with van der Waals surface area (Å²) in [6.45, 7) is 1.58. The average Bonchev–Trinajstić information content (AvgIpc) is 2.25. The Morgan fingerprint density at radius 3 is 2.26 bits per heavy atom. The number of rotatable bonds is 5. The van der Waals surface area contributed by atoms with Crippen LogP contribution in [0.25, 0.3) is 0 Å². The number of sulfone groups is 1. The van der Waals surface area contributed by atoms with Crippen molar-refractivity contribution in [1.82, 2.24) is 0 Å². The molecule has 0 saturated carbocycles. The molecule has 1 rings (SSSR count). The second-order valence-electron chi connectivity index (χ2n) is 3.79. The molecule has 0 amide bonds. The Bertz CT molecular complexity index is 710. The summed E-state index contributed by atoms with van der Waals surface area (Å²) in [7, 11) is -3.15. The van der Waals surface area contributed by atoms with E-state index in [4.69, 9.17) is 10.7 Å². The second kappa shape index (κ2) is 5.43. The third-order valence-electron chi connectivity index (χ3n) is 2.24. The molecule has 0 bridgehead atoms. The second-order valence-corrected chi connectivity index (χ2v) is 8.76. The molecule has 7 nitrogen and oxygen atoms in total. The van der Waals surface area contributed by atoms with E-state index in [2.05, 4.69) is 0 Å². The van der Waals surface area contributed by atoms with Gasteiger partial charge < -0.3 is 0 Å². The zero-order chi connectivity index (χ0) is 14.8. The fraction of sp³-hybridized carbons (Fsp3) is 0.333. The van der Waals surface area contributed by atoms with Crippen LogP contribution in [0, 0.1) is 17.0 Å². The van der Waals surface area contributed by atoms with Gasteiger partial charge >= 0.3 is 0 Å². The molecule has 0 aromatic heterocycles. The molecule has 0 radical (unpaired) electrons. The number of aryl methyl sites for hydroxylation is 1. The summed E-state index contributed by atoms with van der Waals surface area (Å²) in [5.41, 5.74) is -0.0532. The number of halogens is 1. The van der Waals surface area contributed by atoms with E-state index >= 15 is 0 Å². The van der Waals surface area contributed by atoms with E-state index in [0.29, 0.717) is 5.56 Å². The Labute approximate surface area is 114 Å². The first-order valence-corrected chi connectivity index (χ1v) is 9.06. The molecule has 0 saturated heterocycles. The molecule has 1 aromatic carbocycles. The molecular formula is C9H10ClNO6S2. The molecule has 1 aromatic rings. The Balaban J connectivity index is 3.25. The molecule has 0 heterocycles. The standard InChI is InChI=1S/C9H10ClNO6S2/c1-7-2-3-9(8(6-7)11(12)13)18(14,15)4-5-19(10,16)17/h2-3,6H,4-5H2,1H3. The van der Waals surface area contributed by atoms with Crippen LogP contribution in [0.1, 0.15) is 5.56 Å². The van der Waals surface area contributed by atoms with Gasteiger partial charge in [0, 0.05) is 16.7 Å². The van der Waals surface area contributed by atoms with Gasteiger partial charge in [0.25, 0.3) is 5.69 Å². The van der Waals surface area contributed by atoms with Crippen LogP contribution >= 0.6 is 10.7 Å². The van der Waals surface area contributed by atoms with E-state index in [-0.39, 0.29) is 0 Å². The monoisotopic (exact) mass is 327 g/mol. The van der Waals surface area contributed by atoms with Gasteiger partial charge in [0.1, 0.15) is 4.90 Å². The number of hydrogen-bond donors (Lipinski definition) is 0. The maximum atomic E-state index is 11.9. The minimum absolute atomic E-state index is 0.511. The van der Waals surface area contributed by atoms with Gasteiger partial charge in [0.2, 0.25) is 9.05 Å². The first-order valence-electron chi connectivity index (χ1n) is 4.93. The lowest BCUT2D eigenvalue weighted by Crippen LogP contribution is -2.15. The van der Waals surface area contributed by atoms with Crippen LogP contribution in [0.3, 0.4) is 0 Å². The molecule has 106 valence electrons. The topological polar surface area (TPSA) is 111 Å². The predicted molar refractivity (Wildman–Crippen MR) is 69.5 cm³/mol. The van der Waals surface area contributed by atoms with Crippen molar-refractivity contribution >= 4 is 35.3 Å². The minimum atomic E-state index is -4.09. The molecule has 0 fully saturated rings. The molecule has 0 aliphatic carbocycles. The zero-order valence-corrected chi connectivity index (χ0v) is 12.1. The third kappa shape index (κ3) is 4.44. The fourth-order valence-electron chi connectivity index (χ4n) is 1.35. The van der Waals surface area contributed by atoms with Gasteiger partial charge in [-0.1, -0.05) is 6.07 Å². The Hall–Kier alpha value is -1.19. The number of nitro benzene ring substituents is 1. The van der Waals surface area contributed by atoms with Crippen LogP contribution in [0.5, 0.6) is 0 Å². The van der Waals surface area contributed by atoms with Gasteiger partial charge in [-0.3, -0.25) is 10.1 Å². The fourth-order valence-corrected chi connectivity index (χ4v) is 4.54. The molecular weight excluding hydrogens is 318 g/mol. The van der Waals surface area contributed by atoms with Gasteiger partial charge in [-0.05, 0) is 18.6 Å². The Kier molecular flexibility index (Phi) is 4.54. The summed E-state index contributed by atoms with van der Waals surface area (Å²) in [5.74, 6) is -1.61. The summed E-state index contributed by atoms with van der Waals surface area (Å²) >= 11 is 0. The molecule has 0 N–H and O–H groups in total. The van der Waals surface area contributed by atoms with Crippen LogP contribution in [-0.2, 0) is 18.9 Å². The van der Waals surface area contributed by atoms with E-state index in [1.54, 1.807) is 6.92 Å². The lowest BCUT2D eigenvalue weighted by Gasteiger charge is -2.05. The van der Waals surface area contributed by atoms with Crippen LogP contribution < -0.4 is 0 Å². The molecule has 0 aliphatic heterocycles. The first-order chi connectivity index (χ1) is 8.53. The minimum Gasteiger partial charge on any atom is -0.258 e. The maximum absolute atomic E-state index is 11.9. The van der Waals surface area contributed by atoms with Gasteiger partial charge in [-0.15, -0.1) is 0 Å². The molecule has 0 spiro atoms. The normalized spacial score (nSPS) is 12.3. The average molecular weight is 328 g/mol. The van der Waals surface area contributed by atoms with Gasteiger partial charge in [0.05, 0.1) is 16.4 Å². The third-order valence-corrected chi connectivity index (χ3v) is 5.41. The van der Waals surface area contributed by atoms with Crippen molar-refractivity contribution in [2.24, 2.45) is 0 Å². The highest BCUT2D eigenvalue weighted by Gasteiger charge is 2.27. The van der Waals surface area contributed by atoms with Crippen molar-refractivity contribution in [2.75, 3.05) is 11.5 Å². The number of benzene rings is 1. The van der Waals surface area contributed by atoms with E-state index in [1.165, 1.54) is 6.07 Å². The van der Waals surface area contributed by atoms with Crippen molar-refractivity contribution in [2.45, 2.75) is 11.8 Å². The summed E-state index contributed by atoms with van der Waals surface area (Å²) in [6, 6.07) is 3.60. The van der Waals surface area contributed by atoms with Crippen molar-refractivity contribution in [3.8, 4) is 0 Å². The van der Waals surface area contributed by atoms with Gasteiger partial charge in [-0.2, -0.15) is 0 Å². The Morgan fingerprint density at radius 1 is 1.21 bits per heavy atom. The smallest absolute Gasteiger partial charge is 0.258 e. The van der Waals surface area contributed by atoms with Crippen molar-refractivity contribution in [3.05, 3.63) is 33.9 Å². The molecule has 0 unspecified atom stereocenters. The van der Waals surface area contributed by atoms with Gasteiger partial charge in [0.15, 0.2) is 9.84 Å². The van der Waals surface area contributed by atoms with Crippen LogP contribution in [0.2, 0.25) is 0 Å². The molecule has 10 heteroatoms. The summed E-state index contributed by atoms with van der Waals surface area (Å²) in [6.07, 6.45) is 0. The maximum Gasteiger partial charge on any atom is 0.288 e. The van der Waals surface area contributed by atoms with Gasteiger partial charge in [-0.25, -0.2) is 16.8 Å². The molecule has 0 aliphatic rings. The van der Waals surface area contributed by atoms with E-state index in [9.17, 15) is 26.9 Å². The quantitative estimate of drug-likeness (QED) is 0.457. The number of nitrogens with zero attached hydrogens (tertiary/aromatic N) is 1. The zero-order valence-electron chi connectivity index (χ0n) is 9.74. The molecule has 0 atom stereocenters. The van der Waals surface area contributed by atoms with E-state index in [0.717, 1.165) is 12.1 Å². The lowest BCUT2D eigenvalue weighted by molar-refractivity contribution is -0.387. The van der Waals surface area contributed by atoms with Crippen LogP contribution in [0.4, 0.5) is 5.69 Å². The van der Waals surface area contributed by atoms with Crippen molar-refractivity contribution < 1.29 is 21.8 Å². The number of hydrogen-bond acceptors (Lipinski definition) is 6. The molecule has 19 heavy (non-hydrogen) atoms. The highest BCUT2D eigenvalue weighted by Crippen LogP contribution is 2.26. The largest absolute Gasteiger partial charge is 0.288 e. The number of nitro groups is 1. The lowest BCUT2D eigenvalue weighted by atomic mass is 10.2. The summed E-state index contributed by atoms with van der Waals surface area (Å²) < 4.78 is 45.3. The van der Waals surface area contributed by atoms with Crippen LogP contribution in [-0.4, -0.2) is 33.3 Å². The van der Waals surface area contributed by atoms with Crippen molar-refractivity contribution in [3.63, 3.8) is 0 Å². The SMILES string of the molecule is Cc1ccc(S(=O)(=O)CCS(=O)(=O)Cl)c([N+](=O)[O-])c1. The highest BCUT2D eigenvalue weighted by atomic mass is 35.7. The summed E-state index contributed by atoms with van der Waals surface area (Å²) in [4.78, 5) is 9.48. The predicted octanol–water partition coefficient (Wildman–Crippen LogP) is 1.25. The first kappa shape index (κ1) is 15.9. The van der Waals surface area contributed by atoms with E-state index in [1.807, 2.05) is 0 Å². The Morgan fingerprint density at radius 2 is 1.79 bits per heavy atom. The highest BCUT2D eigenvalue weighted by molar-refractivity contribution is 8.14. The van der Waals surface area contributed by atoms with Crippen molar-refractivity contribution in [1.29, 1.82) is 0 Å². The van der Waals surface area contributed by atoms with Crippen LogP contribution in [0.15, 0.2) is 23.1 Å². The van der Waals surface area contributed by atoms with E-state index < -0.39 is 45.9 Å².